The lowest BCUT2D eigenvalue weighted by Gasteiger charge is -2.13. The lowest BCUT2D eigenvalue weighted by atomic mass is 10.1. The third-order valence-corrected chi connectivity index (χ3v) is 5.14. The largest absolute Gasteiger partial charge is 0.493 e. The third kappa shape index (κ3) is 6.30. The summed E-state index contributed by atoms with van der Waals surface area (Å²) in [6.45, 7) is 0.340. The molecule has 8 heteroatoms. The average Bonchev–Trinajstić information content (AvgIpc) is 2.79. The molecule has 0 radical (unpaired) electrons. The molecule has 160 valence electrons. The molecule has 0 aliphatic rings. The highest BCUT2D eigenvalue weighted by Gasteiger charge is 2.16. The second-order valence-electron chi connectivity index (χ2n) is 6.50. The van der Waals surface area contributed by atoms with Gasteiger partial charge >= 0.3 is 0 Å². The molecule has 6 nitrogen and oxygen atoms in total. The molecular formula is C23H20BrClN2O4. The van der Waals surface area contributed by atoms with E-state index in [1.165, 1.54) is 13.3 Å². The number of carbonyl (C=O) groups excluding carboxylic acids is 1. The van der Waals surface area contributed by atoms with Crippen LogP contribution in [0.5, 0.6) is 11.5 Å². The number of aliphatic hydroxyl groups excluding tert-OH is 1. The number of hydrogen-bond donors (Lipinski definition) is 2. The number of ether oxygens (including phenoxy) is 2. The van der Waals surface area contributed by atoms with Crippen molar-refractivity contribution in [1.82, 2.24) is 5.43 Å². The van der Waals surface area contributed by atoms with E-state index in [-0.39, 0.29) is 0 Å². The van der Waals surface area contributed by atoms with Crippen LogP contribution in [0.1, 0.15) is 22.8 Å². The van der Waals surface area contributed by atoms with Crippen molar-refractivity contribution in [2.75, 3.05) is 7.11 Å². The predicted octanol–water partition coefficient (Wildman–Crippen LogP) is 4.87. The van der Waals surface area contributed by atoms with Crippen molar-refractivity contribution in [1.29, 1.82) is 0 Å². The van der Waals surface area contributed by atoms with Crippen molar-refractivity contribution in [3.05, 3.63) is 92.9 Å². The summed E-state index contributed by atoms with van der Waals surface area (Å²) in [5.74, 6) is 0.412. The SMILES string of the molecule is COc1cc(/C=N\NC(=O)[C@H](O)c2ccccc2)cc(Br)c1OCc1ccc(Cl)cc1. The third-order valence-electron chi connectivity index (χ3n) is 4.30. The zero-order valence-corrected chi connectivity index (χ0v) is 18.9. The number of aliphatic hydroxyl groups is 1. The molecule has 0 aliphatic carbocycles. The van der Waals surface area contributed by atoms with E-state index in [9.17, 15) is 9.90 Å². The number of rotatable bonds is 8. The maximum absolute atomic E-state index is 12.1. The Bertz CT molecular complexity index is 1060. The van der Waals surface area contributed by atoms with E-state index >= 15 is 0 Å². The molecule has 1 amide bonds. The minimum absolute atomic E-state index is 0.340. The van der Waals surface area contributed by atoms with Crippen molar-refractivity contribution in [2.45, 2.75) is 12.7 Å². The summed E-state index contributed by atoms with van der Waals surface area (Å²) >= 11 is 9.39. The lowest BCUT2D eigenvalue weighted by molar-refractivity contribution is -0.129. The zero-order valence-electron chi connectivity index (χ0n) is 16.6. The van der Waals surface area contributed by atoms with E-state index < -0.39 is 12.0 Å². The Morgan fingerprint density at radius 2 is 1.90 bits per heavy atom. The zero-order chi connectivity index (χ0) is 22.2. The lowest BCUT2D eigenvalue weighted by Crippen LogP contribution is -2.25. The van der Waals surface area contributed by atoms with Crippen molar-refractivity contribution in [3.63, 3.8) is 0 Å². The molecule has 0 spiro atoms. The van der Waals surface area contributed by atoms with Crippen molar-refractivity contribution in [3.8, 4) is 11.5 Å². The number of methoxy groups -OCH3 is 1. The van der Waals surface area contributed by atoms with Gasteiger partial charge in [0.2, 0.25) is 0 Å². The van der Waals surface area contributed by atoms with E-state index in [2.05, 4.69) is 26.5 Å². The van der Waals surface area contributed by atoms with E-state index in [4.69, 9.17) is 21.1 Å². The van der Waals surface area contributed by atoms with E-state index in [1.54, 1.807) is 54.6 Å². The molecule has 0 aromatic heterocycles. The van der Waals surface area contributed by atoms with Gasteiger partial charge in [0.1, 0.15) is 6.61 Å². The van der Waals surface area contributed by atoms with E-state index in [0.29, 0.717) is 38.7 Å². The van der Waals surface area contributed by atoms with Crippen molar-refractivity contribution >= 4 is 39.7 Å². The molecule has 0 saturated heterocycles. The molecule has 3 rings (SSSR count). The van der Waals surface area contributed by atoms with Crippen LogP contribution in [0.3, 0.4) is 0 Å². The topological polar surface area (TPSA) is 80.2 Å². The van der Waals surface area contributed by atoms with Crippen LogP contribution in [0, 0.1) is 0 Å². The van der Waals surface area contributed by atoms with Crippen LogP contribution in [0.2, 0.25) is 5.02 Å². The van der Waals surface area contributed by atoms with Gasteiger partial charge in [-0.1, -0.05) is 54.1 Å². The molecule has 31 heavy (non-hydrogen) atoms. The first-order chi connectivity index (χ1) is 15.0. The number of amides is 1. The predicted molar refractivity (Wildman–Crippen MR) is 124 cm³/mol. The Labute approximate surface area is 193 Å². The normalized spacial score (nSPS) is 11.9. The molecule has 0 unspecified atom stereocenters. The van der Waals surface area contributed by atoms with Crippen LogP contribution in [-0.2, 0) is 11.4 Å². The molecule has 0 heterocycles. The van der Waals surface area contributed by atoms with Crippen LogP contribution < -0.4 is 14.9 Å². The van der Waals surface area contributed by atoms with Crippen molar-refractivity contribution < 1.29 is 19.4 Å². The monoisotopic (exact) mass is 502 g/mol. The fourth-order valence-electron chi connectivity index (χ4n) is 2.71. The van der Waals surface area contributed by atoms with Gasteiger partial charge in [0.25, 0.3) is 5.91 Å². The van der Waals surface area contributed by atoms with Gasteiger partial charge in [-0.05, 0) is 56.9 Å². The highest BCUT2D eigenvalue weighted by molar-refractivity contribution is 9.10. The second kappa shape index (κ2) is 10.9. The molecular weight excluding hydrogens is 484 g/mol. The maximum atomic E-state index is 12.1. The summed E-state index contributed by atoms with van der Waals surface area (Å²) < 4.78 is 12.0. The number of benzene rings is 3. The summed E-state index contributed by atoms with van der Waals surface area (Å²) in [4.78, 5) is 12.1. The van der Waals surface area contributed by atoms with Gasteiger partial charge in [-0.3, -0.25) is 4.79 Å². The van der Waals surface area contributed by atoms with Crippen molar-refractivity contribution in [2.24, 2.45) is 5.10 Å². The van der Waals surface area contributed by atoms with Crippen LogP contribution in [-0.4, -0.2) is 24.3 Å². The Morgan fingerprint density at radius 3 is 2.58 bits per heavy atom. The standard InChI is InChI=1S/C23H20BrClN2O4/c1-30-20-12-16(13-26-27-23(29)21(28)17-5-3-2-4-6-17)11-19(24)22(20)31-14-15-7-9-18(25)10-8-15/h2-13,21,28H,14H2,1H3,(H,27,29)/b26-13-/t21-/m1/s1. The van der Waals surface area contributed by atoms with Crippen LogP contribution >= 0.6 is 27.5 Å². The Kier molecular flexibility index (Phi) is 8.06. The number of nitrogens with zero attached hydrogens (tertiary/aromatic N) is 1. The van der Waals surface area contributed by atoms with Gasteiger partial charge in [-0.15, -0.1) is 0 Å². The highest BCUT2D eigenvalue weighted by atomic mass is 79.9. The Hall–Kier alpha value is -2.87. The fourth-order valence-corrected chi connectivity index (χ4v) is 3.41. The molecule has 3 aromatic rings. The van der Waals surface area contributed by atoms with Crippen LogP contribution in [0.4, 0.5) is 0 Å². The van der Waals surface area contributed by atoms with Crippen LogP contribution in [0.25, 0.3) is 0 Å². The minimum atomic E-state index is -1.30. The smallest absolute Gasteiger partial charge is 0.273 e. The number of hydrogen-bond acceptors (Lipinski definition) is 5. The summed E-state index contributed by atoms with van der Waals surface area (Å²) in [6, 6.07) is 19.5. The molecule has 0 fully saturated rings. The first-order valence-corrected chi connectivity index (χ1v) is 10.5. The Morgan fingerprint density at radius 1 is 1.19 bits per heavy atom. The molecule has 3 aromatic carbocycles. The molecule has 2 N–H and O–H groups in total. The number of hydrazone groups is 1. The molecule has 0 bridgehead atoms. The van der Waals surface area contributed by atoms with Gasteiger partial charge in [0.05, 0.1) is 17.8 Å². The Balaban J connectivity index is 1.66. The minimum Gasteiger partial charge on any atom is -0.493 e. The quantitative estimate of drug-likeness (QED) is 0.339. The number of carbonyl (C=O) groups is 1. The fraction of sp³-hybridized carbons (Fsp3) is 0.130. The van der Waals surface area contributed by atoms with Gasteiger partial charge < -0.3 is 14.6 Å². The second-order valence-corrected chi connectivity index (χ2v) is 7.79. The van der Waals surface area contributed by atoms with E-state index in [1.807, 2.05) is 12.1 Å². The summed E-state index contributed by atoms with van der Waals surface area (Å²) in [7, 11) is 1.54. The molecule has 0 saturated carbocycles. The summed E-state index contributed by atoms with van der Waals surface area (Å²) in [5, 5.41) is 14.7. The number of halogens is 2. The van der Waals surface area contributed by atoms with Crippen LogP contribution in [0.15, 0.2) is 76.3 Å². The number of nitrogens with one attached hydrogen (secondary N) is 1. The maximum Gasteiger partial charge on any atom is 0.273 e. The summed E-state index contributed by atoms with van der Waals surface area (Å²) in [6.07, 6.45) is 0.148. The van der Waals surface area contributed by atoms with Gasteiger partial charge in [0, 0.05) is 5.02 Å². The van der Waals surface area contributed by atoms with Gasteiger partial charge in [-0.2, -0.15) is 5.10 Å². The molecule has 0 aliphatic heterocycles. The first-order valence-electron chi connectivity index (χ1n) is 9.28. The van der Waals surface area contributed by atoms with E-state index in [0.717, 1.165) is 5.56 Å². The average molecular weight is 504 g/mol. The van der Waals surface area contributed by atoms with Gasteiger partial charge in [-0.25, -0.2) is 5.43 Å². The first kappa shape index (κ1) is 22.8. The summed E-state index contributed by atoms with van der Waals surface area (Å²) in [5.41, 5.74) is 4.45. The highest BCUT2D eigenvalue weighted by Crippen LogP contribution is 2.37. The van der Waals surface area contributed by atoms with Gasteiger partial charge in [0.15, 0.2) is 17.6 Å². The molecule has 1 atom stereocenters.